The molecule has 0 bridgehead atoms. The standard InChI is InChI=1S/C12H20N2O/c1-3-5-10(4-2)14-12(15)8-9-13-11-6-7-11/h1,10-11,13H,4-9H2,2H3,(H,14,15). The molecule has 0 aromatic rings. The average molecular weight is 208 g/mol. The van der Waals surface area contributed by atoms with Gasteiger partial charge in [-0.25, -0.2) is 0 Å². The maximum Gasteiger partial charge on any atom is 0.221 e. The van der Waals surface area contributed by atoms with Gasteiger partial charge in [0, 0.05) is 31.5 Å². The van der Waals surface area contributed by atoms with Gasteiger partial charge in [0.25, 0.3) is 0 Å². The van der Waals surface area contributed by atoms with Crippen molar-refractivity contribution in [3.8, 4) is 12.3 Å². The molecule has 3 nitrogen and oxygen atoms in total. The Labute approximate surface area is 92.0 Å². The van der Waals surface area contributed by atoms with E-state index in [0.717, 1.165) is 13.0 Å². The molecule has 1 unspecified atom stereocenters. The van der Waals surface area contributed by atoms with Crippen LogP contribution >= 0.6 is 0 Å². The number of rotatable bonds is 7. The summed E-state index contributed by atoms with van der Waals surface area (Å²) in [6, 6.07) is 0.814. The van der Waals surface area contributed by atoms with Crippen LogP contribution in [-0.4, -0.2) is 24.5 Å². The van der Waals surface area contributed by atoms with Crippen LogP contribution in [0.25, 0.3) is 0 Å². The molecule has 1 aliphatic rings. The summed E-state index contributed by atoms with van der Waals surface area (Å²) in [7, 11) is 0. The van der Waals surface area contributed by atoms with Gasteiger partial charge < -0.3 is 10.6 Å². The largest absolute Gasteiger partial charge is 0.352 e. The summed E-state index contributed by atoms with van der Waals surface area (Å²) in [5.41, 5.74) is 0. The van der Waals surface area contributed by atoms with Crippen LogP contribution in [0.1, 0.15) is 39.0 Å². The Bertz CT molecular complexity index is 240. The van der Waals surface area contributed by atoms with E-state index in [-0.39, 0.29) is 11.9 Å². The maximum absolute atomic E-state index is 11.5. The van der Waals surface area contributed by atoms with Gasteiger partial charge in [-0.05, 0) is 19.3 Å². The number of carbonyl (C=O) groups excluding carboxylic acids is 1. The Hall–Kier alpha value is -1.01. The van der Waals surface area contributed by atoms with Gasteiger partial charge in [0.15, 0.2) is 0 Å². The van der Waals surface area contributed by atoms with Gasteiger partial charge in [-0.15, -0.1) is 12.3 Å². The summed E-state index contributed by atoms with van der Waals surface area (Å²) >= 11 is 0. The van der Waals surface area contributed by atoms with Gasteiger partial charge in [0.05, 0.1) is 0 Å². The number of amides is 1. The van der Waals surface area contributed by atoms with E-state index >= 15 is 0 Å². The minimum atomic E-state index is 0.102. The molecule has 1 saturated carbocycles. The van der Waals surface area contributed by atoms with Crippen LogP contribution in [0.15, 0.2) is 0 Å². The van der Waals surface area contributed by atoms with Gasteiger partial charge in [-0.3, -0.25) is 4.79 Å². The van der Waals surface area contributed by atoms with E-state index in [9.17, 15) is 4.79 Å². The second kappa shape index (κ2) is 6.47. The lowest BCUT2D eigenvalue weighted by atomic mass is 10.1. The van der Waals surface area contributed by atoms with Crippen molar-refractivity contribution in [1.29, 1.82) is 0 Å². The van der Waals surface area contributed by atoms with Crippen LogP contribution < -0.4 is 10.6 Å². The molecule has 1 rings (SSSR count). The first-order valence-electron chi connectivity index (χ1n) is 5.72. The number of terminal acetylenes is 1. The Balaban J connectivity index is 2.07. The molecule has 84 valence electrons. The highest BCUT2D eigenvalue weighted by atomic mass is 16.1. The molecule has 1 amide bonds. The third kappa shape index (κ3) is 5.44. The van der Waals surface area contributed by atoms with Crippen molar-refractivity contribution in [2.24, 2.45) is 0 Å². The molecule has 0 aliphatic heterocycles. The van der Waals surface area contributed by atoms with Crippen LogP contribution in [0.4, 0.5) is 0 Å². The van der Waals surface area contributed by atoms with Crippen LogP contribution in [0.2, 0.25) is 0 Å². The molecule has 0 radical (unpaired) electrons. The normalized spacial score (nSPS) is 16.8. The lowest BCUT2D eigenvalue weighted by Gasteiger charge is -2.14. The molecule has 0 aromatic carbocycles. The van der Waals surface area contributed by atoms with Gasteiger partial charge in [-0.1, -0.05) is 6.92 Å². The first kappa shape index (κ1) is 12.1. The first-order valence-corrected chi connectivity index (χ1v) is 5.72. The van der Waals surface area contributed by atoms with Crippen molar-refractivity contribution in [2.45, 2.75) is 51.1 Å². The van der Waals surface area contributed by atoms with Gasteiger partial charge in [-0.2, -0.15) is 0 Å². The summed E-state index contributed by atoms with van der Waals surface area (Å²) in [5, 5.41) is 6.25. The van der Waals surface area contributed by atoms with Crippen LogP contribution in [0, 0.1) is 12.3 Å². The quantitative estimate of drug-likeness (QED) is 0.614. The Morgan fingerprint density at radius 3 is 2.87 bits per heavy atom. The monoisotopic (exact) mass is 208 g/mol. The Morgan fingerprint density at radius 2 is 2.33 bits per heavy atom. The summed E-state index contributed by atoms with van der Waals surface area (Å²) in [5.74, 6) is 2.68. The first-order chi connectivity index (χ1) is 7.26. The minimum Gasteiger partial charge on any atom is -0.352 e. The van der Waals surface area contributed by atoms with E-state index in [4.69, 9.17) is 6.42 Å². The van der Waals surface area contributed by atoms with Crippen molar-refractivity contribution in [2.75, 3.05) is 6.54 Å². The van der Waals surface area contributed by atoms with Crippen molar-refractivity contribution in [3.05, 3.63) is 0 Å². The molecule has 0 spiro atoms. The highest BCUT2D eigenvalue weighted by molar-refractivity contribution is 5.76. The molecule has 15 heavy (non-hydrogen) atoms. The van der Waals surface area contributed by atoms with Crippen LogP contribution in [-0.2, 0) is 4.79 Å². The lowest BCUT2D eigenvalue weighted by molar-refractivity contribution is -0.121. The summed E-state index contributed by atoms with van der Waals surface area (Å²) in [4.78, 5) is 11.5. The third-order valence-electron chi connectivity index (χ3n) is 2.58. The van der Waals surface area contributed by atoms with E-state index in [1.165, 1.54) is 12.8 Å². The zero-order valence-corrected chi connectivity index (χ0v) is 9.38. The van der Waals surface area contributed by atoms with E-state index in [1.807, 2.05) is 6.92 Å². The third-order valence-corrected chi connectivity index (χ3v) is 2.58. The van der Waals surface area contributed by atoms with Crippen molar-refractivity contribution < 1.29 is 4.79 Å². The van der Waals surface area contributed by atoms with E-state index in [0.29, 0.717) is 18.9 Å². The Morgan fingerprint density at radius 1 is 1.60 bits per heavy atom. The second-order valence-electron chi connectivity index (χ2n) is 4.06. The molecule has 0 heterocycles. The molecular formula is C12H20N2O. The number of hydrogen-bond acceptors (Lipinski definition) is 2. The minimum absolute atomic E-state index is 0.102. The fourth-order valence-corrected chi connectivity index (χ4v) is 1.42. The van der Waals surface area contributed by atoms with Crippen molar-refractivity contribution in [1.82, 2.24) is 10.6 Å². The number of hydrogen-bond donors (Lipinski definition) is 2. The average Bonchev–Trinajstić information content (AvgIpc) is 3.01. The second-order valence-corrected chi connectivity index (χ2v) is 4.06. The maximum atomic E-state index is 11.5. The highest BCUT2D eigenvalue weighted by Gasteiger charge is 2.20. The van der Waals surface area contributed by atoms with Crippen molar-refractivity contribution in [3.63, 3.8) is 0 Å². The van der Waals surface area contributed by atoms with Crippen molar-refractivity contribution >= 4 is 5.91 Å². The smallest absolute Gasteiger partial charge is 0.221 e. The topological polar surface area (TPSA) is 41.1 Å². The van der Waals surface area contributed by atoms with Gasteiger partial charge >= 0.3 is 0 Å². The number of carbonyl (C=O) groups is 1. The van der Waals surface area contributed by atoms with E-state index in [1.54, 1.807) is 0 Å². The fraction of sp³-hybridized carbons (Fsp3) is 0.750. The van der Waals surface area contributed by atoms with Crippen LogP contribution in [0.5, 0.6) is 0 Å². The van der Waals surface area contributed by atoms with Crippen LogP contribution in [0.3, 0.4) is 0 Å². The molecule has 1 atom stereocenters. The zero-order valence-electron chi connectivity index (χ0n) is 9.38. The predicted molar refractivity (Wildman–Crippen MR) is 61.3 cm³/mol. The molecule has 0 saturated heterocycles. The van der Waals surface area contributed by atoms with E-state index < -0.39 is 0 Å². The predicted octanol–water partition coefficient (Wildman–Crippen LogP) is 1.05. The molecular weight excluding hydrogens is 188 g/mol. The summed E-state index contributed by atoms with van der Waals surface area (Å²) < 4.78 is 0. The molecule has 1 aliphatic carbocycles. The fourth-order valence-electron chi connectivity index (χ4n) is 1.42. The van der Waals surface area contributed by atoms with Gasteiger partial charge in [0.1, 0.15) is 0 Å². The van der Waals surface area contributed by atoms with E-state index in [2.05, 4.69) is 16.6 Å². The molecule has 0 aromatic heterocycles. The highest BCUT2D eigenvalue weighted by Crippen LogP contribution is 2.18. The zero-order chi connectivity index (χ0) is 11.1. The summed E-state index contributed by atoms with van der Waals surface area (Å²) in [6.45, 7) is 2.81. The lowest BCUT2D eigenvalue weighted by Crippen LogP contribution is -2.36. The number of nitrogens with one attached hydrogen (secondary N) is 2. The molecule has 3 heteroatoms. The molecule has 1 fully saturated rings. The molecule has 2 N–H and O–H groups in total. The van der Waals surface area contributed by atoms with Gasteiger partial charge in [0.2, 0.25) is 5.91 Å². The Kier molecular flexibility index (Phi) is 5.20. The summed E-state index contributed by atoms with van der Waals surface area (Å²) in [6.07, 6.45) is 9.81. The SMILES string of the molecule is C#CCC(CC)NC(=O)CCNC1CC1.